The Morgan fingerprint density at radius 3 is 2.80 bits per heavy atom. The summed E-state index contributed by atoms with van der Waals surface area (Å²) in [6, 6.07) is 9.77. The van der Waals surface area contributed by atoms with Crippen molar-refractivity contribution in [3.8, 4) is 0 Å². The van der Waals surface area contributed by atoms with E-state index in [0.29, 0.717) is 29.4 Å². The monoisotopic (exact) mass is 358 g/mol. The molecule has 25 heavy (non-hydrogen) atoms. The van der Waals surface area contributed by atoms with E-state index in [1.54, 1.807) is 35.4 Å². The fraction of sp³-hybridized carbons (Fsp3) is 0.278. The van der Waals surface area contributed by atoms with Crippen LogP contribution in [0.15, 0.2) is 42.6 Å². The van der Waals surface area contributed by atoms with Crippen LogP contribution in [0.5, 0.6) is 0 Å². The van der Waals surface area contributed by atoms with Gasteiger partial charge in [-0.3, -0.25) is 9.78 Å². The van der Waals surface area contributed by atoms with E-state index >= 15 is 0 Å². The number of urea groups is 1. The van der Waals surface area contributed by atoms with Crippen molar-refractivity contribution in [1.82, 2.24) is 10.3 Å². The molecule has 6 nitrogen and oxygen atoms in total. The average Bonchev–Trinajstić information content (AvgIpc) is 2.60. The lowest BCUT2D eigenvalue weighted by molar-refractivity contribution is -0.121. The van der Waals surface area contributed by atoms with Crippen molar-refractivity contribution in [3.63, 3.8) is 0 Å². The van der Waals surface area contributed by atoms with Crippen molar-refractivity contribution in [1.29, 1.82) is 0 Å². The first-order valence-electron chi connectivity index (χ1n) is 8.10. The molecule has 0 bridgehead atoms. The fourth-order valence-corrected chi connectivity index (χ4v) is 3.02. The molecule has 1 unspecified atom stereocenters. The number of pyridine rings is 1. The Labute approximate surface area is 151 Å². The van der Waals surface area contributed by atoms with Gasteiger partial charge in [0, 0.05) is 12.2 Å². The standard InChI is InChI=1S/C18H19ClN4O2/c1-12-8-9-13(11-20-12)21-18(25)22-15-6-4-10-23(17(15)24)16-7-3-2-5-14(16)19/h2-3,5,7-9,11,15H,4,6,10H2,1H3,(H2,21,22,25). The molecule has 1 aliphatic heterocycles. The fourth-order valence-electron chi connectivity index (χ4n) is 2.79. The van der Waals surface area contributed by atoms with Gasteiger partial charge < -0.3 is 15.5 Å². The molecular formula is C18H19ClN4O2. The Bertz CT molecular complexity index is 779. The smallest absolute Gasteiger partial charge is 0.319 e. The van der Waals surface area contributed by atoms with Crippen molar-refractivity contribution >= 4 is 34.9 Å². The van der Waals surface area contributed by atoms with Crippen LogP contribution < -0.4 is 15.5 Å². The number of benzene rings is 1. The molecule has 1 saturated heterocycles. The van der Waals surface area contributed by atoms with E-state index in [-0.39, 0.29) is 5.91 Å². The third-order valence-corrected chi connectivity index (χ3v) is 4.38. The number of anilines is 2. The summed E-state index contributed by atoms with van der Waals surface area (Å²) in [6.07, 6.45) is 2.96. The van der Waals surface area contributed by atoms with Gasteiger partial charge in [-0.25, -0.2) is 4.79 Å². The number of carbonyl (C=O) groups is 2. The number of hydrogen-bond donors (Lipinski definition) is 2. The van der Waals surface area contributed by atoms with Crippen LogP contribution in [-0.4, -0.2) is 29.5 Å². The van der Waals surface area contributed by atoms with Gasteiger partial charge in [-0.15, -0.1) is 0 Å². The number of para-hydroxylation sites is 1. The van der Waals surface area contributed by atoms with Crippen molar-refractivity contribution in [2.45, 2.75) is 25.8 Å². The maximum Gasteiger partial charge on any atom is 0.319 e. The molecule has 0 saturated carbocycles. The molecule has 3 rings (SSSR count). The summed E-state index contributed by atoms with van der Waals surface area (Å²) in [5.74, 6) is -0.156. The Morgan fingerprint density at radius 1 is 1.28 bits per heavy atom. The van der Waals surface area contributed by atoms with Crippen molar-refractivity contribution < 1.29 is 9.59 Å². The van der Waals surface area contributed by atoms with Gasteiger partial charge in [0.2, 0.25) is 5.91 Å². The first-order valence-corrected chi connectivity index (χ1v) is 8.48. The third-order valence-electron chi connectivity index (χ3n) is 4.06. The maximum absolute atomic E-state index is 12.7. The van der Waals surface area contributed by atoms with E-state index in [4.69, 9.17) is 11.6 Å². The molecular weight excluding hydrogens is 340 g/mol. The number of nitrogens with zero attached hydrogens (tertiary/aromatic N) is 2. The lowest BCUT2D eigenvalue weighted by atomic mass is 10.0. The normalized spacial score (nSPS) is 17.3. The highest BCUT2D eigenvalue weighted by Crippen LogP contribution is 2.28. The number of nitrogens with one attached hydrogen (secondary N) is 2. The molecule has 0 radical (unpaired) electrons. The maximum atomic E-state index is 12.7. The van der Waals surface area contributed by atoms with Crippen molar-refractivity contribution in [2.24, 2.45) is 0 Å². The van der Waals surface area contributed by atoms with Crippen LogP contribution in [0.25, 0.3) is 0 Å². The zero-order chi connectivity index (χ0) is 17.8. The van der Waals surface area contributed by atoms with Gasteiger partial charge >= 0.3 is 6.03 Å². The number of piperidine rings is 1. The van der Waals surface area contributed by atoms with Crippen LogP contribution >= 0.6 is 11.6 Å². The van der Waals surface area contributed by atoms with Crippen LogP contribution in [0.1, 0.15) is 18.5 Å². The van der Waals surface area contributed by atoms with Crippen LogP contribution in [0.4, 0.5) is 16.2 Å². The number of aromatic nitrogens is 1. The minimum Gasteiger partial charge on any atom is -0.326 e. The molecule has 130 valence electrons. The number of halogens is 1. The molecule has 1 atom stereocenters. The van der Waals surface area contributed by atoms with Gasteiger partial charge in [0.1, 0.15) is 6.04 Å². The summed E-state index contributed by atoms with van der Waals surface area (Å²) in [4.78, 5) is 30.6. The second-order valence-electron chi connectivity index (χ2n) is 5.92. The van der Waals surface area contributed by atoms with Crippen LogP contribution in [-0.2, 0) is 4.79 Å². The molecule has 0 spiro atoms. The lowest BCUT2D eigenvalue weighted by Gasteiger charge is -2.33. The topological polar surface area (TPSA) is 74.3 Å². The zero-order valence-corrected chi connectivity index (χ0v) is 14.6. The summed E-state index contributed by atoms with van der Waals surface area (Å²) in [6.45, 7) is 2.46. The van der Waals surface area contributed by atoms with Crippen LogP contribution in [0, 0.1) is 6.92 Å². The first kappa shape index (κ1) is 17.2. The second kappa shape index (κ2) is 7.53. The summed E-state index contributed by atoms with van der Waals surface area (Å²) >= 11 is 6.20. The highest BCUT2D eigenvalue weighted by molar-refractivity contribution is 6.33. The van der Waals surface area contributed by atoms with E-state index < -0.39 is 12.1 Å². The summed E-state index contributed by atoms with van der Waals surface area (Å²) in [7, 11) is 0. The molecule has 3 amide bonds. The molecule has 2 N–H and O–H groups in total. The molecule has 1 aromatic heterocycles. The highest BCUT2D eigenvalue weighted by atomic mass is 35.5. The predicted molar refractivity (Wildman–Crippen MR) is 98.0 cm³/mol. The summed E-state index contributed by atoms with van der Waals surface area (Å²) < 4.78 is 0. The van der Waals surface area contributed by atoms with E-state index in [9.17, 15) is 9.59 Å². The van der Waals surface area contributed by atoms with E-state index in [1.807, 2.05) is 19.1 Å². The Balaban J connectivity index is 1.66. The van der Waals surface area contributed by atoms with Crippen LogP contribution in [0.3, 0.4) is 0 Å². The summed E-state index contributed by atoms with van der Waals surface area (Å²) in [5.41, 5.74) is 2.11. The Morgan fingerprint density at radius 2 is 2.08 bits per heavy atom. The largest absolute Gasteiger partial charge is 0.326 e. The lowest BCUT2D eigenvalue weighted by Crippen LogP contribution is -2.53. The van der Waals surface area contributed by atoms with E-state index in [2.05, 4.69) is 15.6 Å². The summed E-state index contributed by atoms with van der Waals surface area (Å²) in [5, 5.41) is 5.95. The SMILES string of the molecule is Cc1ccc(NC(=O)NC2CCCN(c3ccccc3Cl)C2=O)cn1. The van der Waals surface area contributed by atoms with Gasteiger partial charge in [0.05, 0.1) is 22.6 Å². The number of carbonyl (C=O) groups excluding carboxylic acids is 2. The third kappa shape index (κ3) is 4.09. The number of amides is 3. The quantitative estimate of drug-likeness (QED) is 0.883. The molecule has 2 aromatic rings. The van der Waals surface area contributed by atoms with Crippen molar-refractivity contribution in [3.05, 3.63) is 53.3 Å². The van der Waals surface area contributed by atoms with Gasteiger partial charge in [0.15, 0.2) is 0 Å². The van der Waals surface area contributed by atoms with Gasteiger partial charge in [-0.2, -0.15) is 0 Å². The molecule has 1 aromatic carbocycles. The van der Waals surface area contributed by atoms with Crippen molar-refractivity contribution in [2.75, 3.05) is 16.8 Å². The zero-order valence-electron chi connectivity index (χ0n) is 13.8. The minimum atomic E-state index is -0.580. The van der Waals surface area contributed by atoms with Gasteiger partial charge in [-0.05, 0) is 44.0 Å². The average molecular weight is 359 g/mol. The molecule has 1 aliphatic rings. The highest BCUT2D eigenvalue weighted by Gasteiger charge is 2.31. The number of aryl methyl sites for hydroxylation is 1. The molecule has 0 aliphatic carbocycles. The molecule has 7 heteroatoms. The second-order valence-corrected chi connectivity index (χ2v) is 6.33. The Kier molecular flexibility index (Phi) is 5.19. The minimum absolute atomic E-state index is 0.156. The van der Waals surface area contributed by atoms with Crippen LogP contribution in [0.2, 0.25) is 5.02 Å². The first-order chi connectivity index (χ1) is 12.0. The molecule has 2 heterocycles. The predicted octanol–water partition coefficient (Wildman–Crippen LogP) is 3.36. The van der Waals surface area contributed by atoms with E-state index in [1.165, 1.54) is 0 Å². The number of rotatable bonds is 3. The van der Waals surface area contributed by atoms with Gasteiger partial charge in [-0.1, -0.05) is 23.7 Å². The number of hydrogen-bond acceptors (Lipinski definition) is 3. The van der Waals surface area contributed by atoms with Gasteiger partial charge in [0.25, 0.3) is 0 Å². The van der Waals surface area contributed by atoms with E-state index in [0.717, 1.165) is 12.1 Å². The Hall–Kier alpha value is -2.60. The molecule has 1 fully saturated rings.